The van der Waals surface area contributed by atoms with Crippen molar-refractivity contribution in [1.82, 2.24) is 14.8 Å². The van der Waals surface area contributed by atoms with Crippen molar-refractivity contribution >= 4 is 28.5 Å². The second kappa shape index (κ2) is 12.2. The van der Waals surface area contributed by atoms with Gasteiger partial charge in [-0.15, -0.1) is 0 Å². The first-order chi connectivity index (χ1) is 26.0. The number of aromatic amines is 1. The molecule has 1 spiro atoms. The number of nitrogens with one attached hydrogen (secondary N) is 1. The van der Waals surface area contributed by atoms with Gasteiger partial charge in [-0.05, 0) is 61.4 Å². The summed E-state index contributed by atoms with van der Waals surface area (Å²) in [7, 11) is 6.53. The van der Waals surface area contributed by atoms with Crippen molar-refractivity contribution in [2.24, 2.45) is 17.3 Å². The predicted octanol–water partition coefficient (Wildman–Crippen LogP) is 5.46. The molecule has 2 fully saturated rings. The van der Waals surface area contributed by atoms with E-state index in [4.69, 9.17) is 14.2 Å². The number of esters is 2. The van der Waals surface area contributed by atoms with E-state index in [1.165, 1.54) is 19.8 Å². The number of anilines is 1. The molecule has 3 unspecified atom stereocenters. The summed E-state index contributed by atoms with van der Waals surface area (Å²) in [6.07, 6.45) is 9.82. The van der Waals surface area contributed by atoms with Gasteiger partial charge in [-0.1, -0.05) is 62.8 Å². The van der Waals surface area contributed by atoms with Crippen molar-refractivity contribution in [1.29, 1.82) is 0 Å². The highest BCUT2D eigenvalue weighted by atomic mass is 16.5. The van der Waals surface area contributed by atoms with Gasteiger partial charge in [0.2, 0.25) is 0 Å². The summed E-state index contributed by atoms with van der Waals surface area (Å²) in [5.41, 5.74) is 2.75. The molecule has 1 saturated carbocycles. The van der Waals surface area contributed by atoms with E-state index in [9.17, 15) is 9.90 Å². The molecule has 6 heterocycles. The number of carbonyl (C=O) groups is 2. The third kappa shape index (κ3) is 4.22. The third-order valence-corrected chi connectivity index (χ3v) is 15.1. The van der Waals surface area contributed by atoms with Crippen molar-refractivity contribution in [2.75, 3.05) is 59.5 Å². The van der Waals surface area contributed by atoms with Crippen LogP contribution in [0.25, 0.3) is 10.9 Å². The van der Waals surface area contributed by atoms with Crippen molar-refractivity contribution < 1.29 is 28.9 Å². The minimum atomic E-state index is -1.82. The zero-order chi connectivity index (χ0) is 37.9. The maximum atomic E-state index is 15.1. The lowest BCUT2D eigenvalue weighted by atomic mass is 9.45. The molecule has 2 bridgehead atoms. The molecule has 1 saturated heterocycles. The maximum Gasteiger partial charge on any atom is 0.340 e. The number of fused-ring (bicyclic) bond motifs is 6. The van der Waals surface area contributed by atoms with Crippen LogP contribution in [-0.2, 0) is 36.4 Å². The van der Waals surface area contributed by atoms with Gasteiger partial charge in [0.05, 0.1) is 27.4 Å². The first-order valence-electron chi connectivity index (χ1n) is 19.8. The molecule has 286 valence electrons. The van der Waals surface area contributed by atoms with E-state index >= 15 is 4.79 Å². The number of H-pyrrole nitrogens is 1. The van der Waals surface area contributed by atoms with Gasteiger partial charge in [0.25, 0.3) is 0 Å². The number of aliphatic hydroxyl groups is 1. The fourth-order valence-corrected chi connectivity index (χ4v) is 12.9. The SMILES string of the molecule is CCC1=C[C@@H]2CN(C1)Cc1c([nH]c3ccccc13)[C@@](C(=O)OC)(c1cc3c(cc1OC)N(C)[C@H]1C(O)(C(=O)OC)[C@H](C)[C@]4(CC)C=CCN5CCC31[C@@H]54)C2. The lowest BCUT2D eigenvalue weighted by Crippen LogP contribution is -2.78. The van der Waals surface area contributed by atoms with Crippen molar-refractivity contribution in [2.45, 2.75) is 81.5 Å². The predicted molar refractivity (Wildman–Crippen MR) is 208 cm³/mol. The Morgan fingerprint density at radius 2 is 1.80 bits per heavy atom. The van der Waals surface area contributed by atoms with Gasteiger partial charge in [0.15, 0.2) is 5.60 Å². The van der Waals surface area contributed by atoms with Gasteiger partial charge < -0.3 is 29.2 Å². The number of hydrogen-bond donors (Lipinski definition) is 2. The fraction of sp³-hybridized carbons (Fsp3) is 0.545. The molecule has 54 heavy (non-hydrogen) atoms. The fourth-order valence-electron chi connectivity index (χ4n) is 12.9. The van der Waals surface area contributed by atoms with E-state index in [-0.39, 0.29) is 17.9 Å². The first kappa shape index (κ1) is 35.6. The van der Waals surface area contributed by atoms with Crippen LogP contribution >= 0.6 is 0 Å². The average Bonchev–Trinajstić information content (AvgIpc) is 3.84. The Morgan fingerprint density at radius 1 is 1.02 bits per heavy atom. The molecule has 0 amide bonds. The largest absolute Gasteiger partial charge is 0.496 e. The number of hydrogen-bond acceptors (Lipinski definition) is 9. The lowest BCUT2D eigenvalue weighted by molar-refractivity contribution is -0.197. The topological polar surface area (TPSA) is 108 Å². The normalized spacial score (nSPS) is 36.3. The van der Waals surface area contributed by atoms with Crippen LogP contribution in [0.5, 0.6) is 5.75 Å². The molecule has 2 N–H and O–H groups in total. The van der Waals surface area contributed by atoms with Crippen LogP contribution in [0, 0.1) is 17.3 Å². The van der Waals surface area contributed by atoms with E-state index < -0.39 is 39.8 Å². The summed E-state index contributed by atoms with van der Waals surface area (Å²) < 4.78 is 17.8. The van der Waals surface area contributed by atoms with Gasteiger partial charge in [0.1, 0.15) is 11.2 Å². The average molecular weight is 735 g/mol. The van der Waals surface area contributed by atoms with Gasteiger partial charge >= 0.3 is 11.9 Å². The van der Waals surface area contributed by atoms with E-state index in [1.807, 2.05) is 20.0 Å². The zero-order valence-corrected chi connectivity index (χ0v) is 32.7. The first-order valence-corrected chi connectivity index (χ1v) is 19.8. The molecule has 1 aliphatic carbocycles. The van der Waals surface area contributed by atoms with Crippen LogP contribution in [0.15, 0.2) is 60.2 Å². The number of benzene rings is 2. The van der Waals surface area contributed by atoms with Gasteiger partial charge in [-0.3, -0.25) is 14.6 Å². The molecule has 10 heteroatoms. The Kier molecular flexibility index (Phi) is 8.03. The Hall–Kier alpha value is -4.12. The molecule has 5 aliphatic heterocycles. The van der Waals surface area contributed by atoms with Crippen LogP contribution in [0.2, 0.25) is 0 Å². The number of carbonyl (C=O) groups excluding carboxylic acids is 2. The summed E-state index contributed by atoms with van der Waals surface area (Å²) in [6.45, 7) is 10.5. The third-order valence-electron chi connectivity index (χ3n) is 15.1. The zero-order valence-electron chi connectivity index (χ0n) is 32.7. The number of likely N-dealkylation sites (N-methyl/N-ethyl adjacent to an activating group) is 1. The molecular weight excluding hydrogens is 681 g/mol. The van der Waals surface area contributed by atoms with Crippen LogP contribution in [0.4, 0.5) is 5.69 Å². The number of para-hydroxylation sites is 1. The van der Waals surface area contributed by atoms with E-state index in [0.717, 1.165) is 84.4 Å². The van der Waals surface area contributed by atoms with Crippen LogP contribution in [-0.4, -0.2) is 104 Å². The van der Waals surface area contributed by atoms with Gasteiger partial charge in [-0.25, -0.2) is 4.79 Å². The molecule has 3 aromatic rings. The van der Waals surface area contributed by atoms with Crippen molar-refractivity contribution in [3.8, 4) is 5.75 Å². The van der Waals surface area contributed by atoms with Crippen molar-refractivity contribution in [3.63, 3.8) is 0 Å². The molecule has 9 rings (SSSR count). The van der Waals surface area contributed by atoms with E-state index in [1.54, 1.807) is 7.11 Å². The Morgan fingerprint density at radius 3 is 2.52 bits per heavy atom. The number of methoxy groups -OCH3 is 3. The minimum absolute atomic E-state index is 0.00636. The van der Waals surface area contributed by atoms with Crippen LogP contribution in [0.3, 0.4) is 0 Å². The second-order valence-electron chi connectivity index (χ2n) is 16.9. The summed E-state index contributed by atoms with van der Waals surface area (Å²) in [6, 6.07) is 12.0. The maximum absolute atomic E-state index is 15.1. The number of nitrogens with zero attached hydrogens (tertiary/aromatic N) is 3. The summed E-state index contributed by atoms with van der Waals surface area (Å²) in [5.74, 6) is -0.718. The quantitative estimate of drug-likeness (QED) is 0.253. The van der Waals surface area contributed by atoms with Crippen LogP contribution < -0.4 is 9.64 Å². The molecule has 6 aliphatic rings. The molecule has 10 nitrogen and oxygen atoms in total. The van der Waals surface area contributed by atoms with Gasteiger partial charge in [-0.2, -0.15) is 0 Å². The monoisotopic (exact) mass is 734 g/mol. The van der Waals surface area contributed by atoms with E-state index in [0.29, 0.717) is 18.7 Å². The number of ether oxygens (including phenoxy) is 3. The lowest BCUT2D eigenvalue weighted by Gasteiger charge is -2.64. The van der Waals surface area contributed by atoms with Gasteiger partial charge in [0, 0.05) is 89.9 Å². The Balaban J connectivity index is 1.37. The van der Waals surface area contributed by atoms with Crippen LogP contribution in [0.1, 0.15) is 68.8 Å². The smallest absolute Gasteiger partial charge is 0.340 e. The highest BCUT2D eigenvalue weighted by molar-refractivity contribution is 5.95. The summed E-state index contributed by atoms with van der Waals surface area (Å²) in [5, 5.41) is 14.2. The Bertz CT molecular complexity index is 2120. The highest BCUT2D eigenvalue weighted by Gasteiger charge is 2.78. The molecule has 2 aromatic carbocycles. The second-order valence-corrected chi connectivity index (χ2v) is 16.9. The molecule has 0 radical (unpaired) electrons. The highest BCUT2D eigenvalue weighted by Crippen LogP contribution is 2.69. The standard InChI is InChI=1S/C44H54N4O6/c1-8-27-19-28-22-43(39(49)53-6,36-30(25-47(23-27)24-28)29-13-10-11-14-33(29)45-36)32-20-31-34(21-35(32)52-5)46(4)38-42(31)16-18-48-17-12-15-41(9-2,37(42)48)26(3)44(38,51)40(50)54-7/h10-15,19-21,26,28,37-38,45,51H,8-9,16-18,22-25H2,1-7H3/t26-,28+,37+,38-,41+,42?,43+,44?/m1/s1. The Labute approximate surface area is 318 Å². The number of rotatable bonds is 6. The summed E-state index contributed by atoms with van der Waals surface area (Å²) >= 11 is 0. The molecular formula is C44H54N4O6. The van der Waals surface area contributed by atoms with E-state index in [2.05, 4.69) is 82.1 Å². The summed E-state index contributed by atoms with van der Waals surface area (Å²) in [4.78, 5) is 40.3. The minimum Gasteiger partial charge on any atom is -0.496 e. The van der Waals surface area contributed by atoms with Crippen molar-refractivity contribution in [3.05, 3.63) is 82.6 Å². The molecule has 9 atom stereocenters. The number of aromatic nitrogens is 1. The molecule has 1 aromatic heterocycles.